The van der Waals surface area contributed by atoms with Gasteiger partial charge in [0.15, 0.2) is 5.78 Å². The first-order valence-electron chi connectivity index (χ1n) is 11.0. The van der Waals surface area contributed by atoms with Gasteiger partial charge in [-0.2, -0.15) is 5.26 Å². The first-order chi connectivity index (χ1) is 14.5. The molecule has 0 radical (unpaired) electrons. The topological polar surface area (TPSA) is 50.1 Å². The van der Waals surface area contributed by atoms with Crippen molar-refractivity contribution in [2.45, 2.75) is 44.9 Å². The van der Waals surface area contributed by atoms with E-state index in [1.807, 2.05) is 24.3 Å². The summed E-state index contributed by atoms with van der Waals surface area (Å²) in [5.41, 5.74) is 5.30. The van der Waals surface area contributed by atoms with E-state index in [0.717, 1.165) is 49.0 Å². The Labute approximate surface area is 178 Å². The van der Waals surface area contributed by atoms with Gasteiger partial charge in [0.05, 0.1) is 18.7 Å². The van der Waals surface area contributed by atoms with Crippen molar-refractivity contribution in [1.29, 1.82) is 5.26 Å². The first-order valence-corrected chi connectivity index (χ1v) is 11.0. The molecule has 0 amide bonds. The van der Waals surface area contributed by atoms with Gasteiger partial charge >= 0.3 is 0 Å². The zero-order valence-electron chi connectivity index (χ0n) is 17.7. The summed E-state index contributed by atoms with van der Waals surface area (Å²) in [5, 5.41) is 9.01. The lowest BCUT2D eigenvalue weighted by Crippen LogP contribution is -2.42. The van der Waals surface area contributed by atoms with Crippen molar-refractivity contribution in [3.8, 4) is 11.8 Å². The van der Waals surface area contributed by atoms with Crippen LogP contribution >= 0.6 is 0 Å². The Morgan fingerprint density at radius 3 is 2.70 bits per heavy atom. The maximum atomic E-state index is 13.5. The SMILES string of the molecule is COc1ccc2c(c1)CCC1C2CCC2(C)C(=O)C(=Cc3ccc(C#N)cc3)CC12. The third-order valence-electron chi connectivity index (χ3n) is 7.95. The lowest BCUT2D eigenvalue weighted by atomic mass is 9.55. The standard InChI is InChI=1S/C27H27NO2/c1-27-12-11-23-22-10-8-21(30-2)14-19(22)7-9-24(23)25(27)15-20(26(27)29)13-17-3-5-18(16-28)6-4-17/h3-6,8,10,13-14,23-25H,7,9,11-12,15H2,1-2H3. The molecule has 0 heterocycles. The van der Waals surface area contributed by atoms with E-state index in [4.69, 9.17) is 10.00 Å². The van der Waals surface area contributed by atoms with Crippen LogP contribution in [0.1, 0.15) is 60.8 Å². The second-order valence-electron chi connectivity index (χ2n) is 9.37. The van der Waals surface area contributed by atoms with Gasteiger partial charge in [0, 0.05) is 5.41 Å². The smallest absolute Gasteiger partial charge is 0.165 e. The first kappa shape index (κ1) is 19.1. The summed E-state index contributed by atoms with van der Waals surface area (Å²) in [5.74, 6) is 2.83. The molecule has 0 aromatic heterocycles. The van der Waals surface area contributed by atoms with Crippen molar-refractivity contribution in [1.82, 2.24) is 0 Å². The van der Waals surface area contributed by atoms with Crippen LogP contribution in [-0.2, 0) is 11.2 Å². The van der Waals surface area contributed by atoms with Crippen LogP contribution in [0, 0.1) is 28.6 Å². The fourth-order valence-corrected chi connectivity index (χ4v) is 6.34. The maximum absolute atomic E-state index is 13.5. The molecule has 0 saturated heterocycles. The van der Waals surface area contributed by atoms with Crippen molar-refractivity contribution < 1.29 is 9.53 Å². The Morgan fingerprint density at radius 2 is 1.97 bits per heavy atom. The normalized spacial score (nSPS) is 30.9. The Kier molecular flexibility index (Phi) is 4.54. The number of methoxy groups -OCH3 is 1. The number of hydrogen-bond acceptors (Lipinski definition) is 3. The molecule has 3 nitrogen and oxygen atoms in total. The van der Waals surface area contributed by atoms with E-state index in [1.165, 1.54) is 11.1 Å². The molecular weight excluding hydrogens is 370 g/mol. The average Bonchev–Trinajstić information content (AvgIpc) is 3.04. The van der Waals surface area contributed by atoms with Crippen LogP contribution in [0.3, 0.4) is 0 Å². The van der Waals surface area contributed by atoms with Crippen molar-refractivity contribution >= 4 is 11.9 Å². The summed E-state index contributed by atoms with van der Waals surface area (Å²) in [4.78, 5) is 13.5. The quantitative estimate of drug-likeness (QED) is 0.612. The molecule has 2 aromatic rings. The average molecular weight is 398 g/mol. The van der Waals surface area contributed by atoms with Gasteiger partial charge in [-0.3, -0.25) is 4.79 Å². The zero-order valence-corrected chi connectivity index (χ0v) is 17.7. The molecule has 3 aliphatic carbocycles. The highest BCUT2D eigenvalue weighted by molar-refractivity contribution is 6.06. The summed E-state index contributed by atoms with van der Waals surface area (Å²) in [7, 11) is 1.73. The van der Waals surface area contributed by atoms with E-state index >= 15 is 0 Å². The summed E-state index contributed by atoms with van der Waals surface area (Å²) >= 11 is 0. The molecule has 4 unspecified atom stereocenters. The largest absolute Gasteiger partial charge is 0.497 e. The van der Waals surface area contributed by atoms with E-state index < -0.39 is 0 Å². The van der Waals surface area contributed by atoms with E-state index in [9.17, 15) is 4.79 Å². The number of benzene rings is 2. The van der Waals surface area contributed by atoms with Crippen LogP contribution in [0.25, 0.3) is 6.08 Å². The van der Waals surface area contributed by atoms with Gasteiger partial charge in [-0.15, -0.1) is 0 Å². The highest BCUT2D eigenvalue weighted by Crippen LogP contribution is 2.60. The molecule has 5 rings (SSSR count). The Balaban J connectivity index is 1.45. The van der Waals surface area contributed by atoms with Crippen molar-refractivity contribution in [2.75, 3.05) is 7.11 Å². The molecule has 0 spiro atoms. The number of fused-ring (bicyclic) bond motifs is 5. The molecule has 2 aromatic carbocycles. The van der Waals surface area contributed by atoms with Gasteiger partial charge < -0.3 is 4.74 Å². The zero-order chi connectivity index (χ0) is 20.9. The Morgan fingerprint density at radius 1 is 1.17 bits per heavy atom. The molecule has 2 saturated carbocycles. The van der Waals surface area contributed by atoms with Gasteiger partial charge in [-0.1, -0.05) is 25.1 Å². The molecule has 3 aliphatic rings. The number of nitriles is 1. The molecule has 2 fully saturated rings. The predicted octanol–water partition coefficient (Wildman–Crippen LogP) is 5.69. The number of carbonyl (C=O) groups excluding carboxylic acids is 1. The van der Waals surface area contributed by atoms with Crippen LogP contribution in [0.15, 0.2) is 48.0 Å². The molecule has 152 valence electrons. The summed E-state index contributed by atoms with van der Waals surface area (Å²) < 4.78 is 5.43. The number of aryl methyl sites for hydroxylation is 1. The van der Waals surface area contributed by atoms with Gasteiger partial charge in [0.25, 0.3) is 0 Å². The molecule has 0 bridgehead atoms. The van der Waals surface area contributed by atoms with Crippen molar-refractivity contribution in [3.05, 3.63) is 70.3 Å². The highest BCUT2D eigenvalue weighted by atomic mass is 16.5. The Hall–Kier alpha value is -2.86. The number of rotatable bonds is 2. The minimum absolute atomic E-state index is 0.233. The third kappa shape index (κ3) is 2.89. The minimum atomic E-state index is -0.233. The van der Waals surface area contributed by atoms with Crippen molar-refractivity contribution in [3.63, 3.8) is 0 Å². The number of carbonyl (C=O) groups is 1. The predicted molar refractivity (Wildman–Crippen MR) is 117 cm³/mol. The molecule has 0 N–H and O–H groups in total. The summed E-state index contributed by atoms with van der Waals surface area (Å²) in [6, 6.07) is 16.2. The lowest BCUT2D eigenvalue weighted by molar-refractivity contribution is -0.127. The molecule has 0 aliphatic heterocycles. The van der Waals surface area contributed by atoms with E-state index in [0.29, 0.717) is 29.1 Å². The number of hydrogen-bond donors (Lipinski definition) is 0. The van der Waals surface area contributed by atoms with E-state index in [2.05, 4.69) is 37.3 Å². The van der Waals surface area contributed by atoms with E-state index in [-0.39, 0.29) is 5.41 Å². The molecule has 3 heteroatoms. The second-order valence-corrected chi connectivity index (χ2v) is 9.37. The third-order valence-corrected chi connectivity index (χ3v) is 7.95. The van der Waals surface area contributed by atoms with Crippen LogP contribution < -0.4 is 4.74 Å². The monoisotopic (exact) mass is 397 g/mol. The Bertz CT molecular complexity index is 1080. The van der Waals surface area contributed by atoms with Crippen LogP contribution in [0.5, 0.6) is 5.75 Å². The number of ether oxygens (including phenoxy) is 1. The summed E-state index contributed by atoms with van der Waals surface area (Å²) in [6.07, 6.45) is 7.22. The van der Waals surface area contributed by atoms with Gasteiger partial charge in [0.1, 0.15) is 5.75 Å². The van der Waals surface area contributed by atoms with Gasteiger partial charge in [-0.05, 0) is 102 Å². The van der Waals surface area contributed by atoms with Gasteiger partial charge in [-0.25, -0.2) is 0 Å². The number of allylic oxidation sites excluding steroid dienone is 1. The van der Waals surface area contributed by atoms with Crippen LogP contribution in [-0.4, -0.2) is 12.9 Å². The van der Waals surface area contributed by atoms with Crippen molar-refractivity contribution in [2.24, 2.45) is 17.3 Å². The minimum Gasteiger partial charge on any atom is -0.497 e. The van der Waals surface area contributed by atoms with Crippen LogP contribution in [0.2, 0.25) is 0 Å². The van der Waals surface area contributed by atoms with Crippen LogP contribution in [0.4, 0.5) is 0 Å². The second kappa shape index (κ2) is 7.13. The molecule has 30 heavy (non-hydrogen) atoms. The maximum Gasteiger partial charge on any atom is 0.165 e. The number of Topliss-reactive ketones (excluding diaryl/α,β-unsaturated/α-hetero) is 1. The molecule has 4 atom stereocenters. The highest BCUT2D eigenvalue weighted by Gasteiger charge is 2.56. The number of nitrogens with zero attached hydrogens (tertiary/aromatic N) is 1. The fraction of sp³-hybridized carbons (Fsp3) is 0.407. The number of ketones is 1. The molecular formula is C27H27NO2. The summed E-state index contributed by atoms with van der Waals surface area (Å²) in [6.45, 7) is 2.21. The lowest BCUT2D eigenvalue weighted by Gasteiger charge is -2.48. The van der Waals surface area contributed by atoms with Gasteiger partial charge in [0.2, 0.25) is 0 Å². The fourth-order valence-electron chi connectivity index (χ4n) is 6.34. The van der Waals surface area contributed by atoms with E-state index in [1.54, 1.807) is 7.11 Å².